The highest BCUT2D eigenvalue weighted by molar-refractivity contribution is 5.87. The van der Waals surface area contributed by atoms with Gasteiger partial charge in [-0.1, -0.05) is 36.4 Å². The van der Waals surface area contributed by atoms with E-state index < -0.39 is 35.3 Å². The van der Waals surface area contributed by atoms with Crippen LogP contribution in [0.3, 0.4) is 0 Å². The molecule has 6 atom stereocenters. The van der Waals surface area contributed by atoms with Crippen LogP contribution in [0.15, 0.2) is 42.5 Å². The Balaban J connectivity index is 1.18. The number of nitrogens with one attached hydrogen (secondary N) is 1. The summed E-state index contributed by atoms with van der Waals surface area (Å²) in [6.07, 6.45) is 0.245. The number of Topliss-reactive ketones (excluding diaryl/α,β-unsaturated/α-hetero) is 1. The van der Waals surface area contributed by atoms with Crippen LogP contribution < -0.4 is 5.32 Å². The lowest BCUT2D eigenvalue weighted by Crippen LogP contribution is -2.70. The minimum atomic E-state index is -1.74. The molecule has 10 heteroatoms. The van der Waals surface area contributed by atoms with Crippen LogP contribution in [0.25, 0.3) is 0 Å². The van der Waals surface area contributed by atoms with E-state index in [-0.39, 0.29) is 24.2 Å². The molecular formula is C37H52N2O8. The Morgan fingerprint density at radius 2 is 1.72 bits per heavy atom. The number of amides is 1. The standard InChI is InChI=1S/C37H52N2O8/c1-23-9-16-28(37-33(43)31(41)32(42)36(47-37,22-46-37)35(2,3)45)20-27(23)19-25-12-10-24(11-13-25)7-6-8-29(40)21-30(26-14-15-26)34(44)38-17-18-39(4)5/h9-13,16,20,26,30-33,41-43,45H,6-8,14-15,17-19,21-22H2,1-5H3,(H,38,44)/t30-,31-,32-,33+,36-,37-/m0/s1. The largest absolute Gasteiger partial charge is 0.387 e. The molecule has 10 nitrogen and oxygen atoms in total. The number of rotatable bonds is 15. The maximum atomic E-state index is 12.8. The van der Waals surface area contributed by atoms with Crippen LogP contribution in [0, 0.1) is 18.8 Å². The molecule has 3 fully saturated rings. The van der Waals surface area contributed by atoms with Crippen molar-refractivity contribution in [3.63, 3.8) is 0 Å². The fraction of sp³-hybridized carbons (Fsp3) is 0.622. The SMILES string of the molecule is Cc1ccc([C@]23OC[C@](C(C)(C)O)(O2)[C@@H](O)[C@H](O)[C@H]3O)cc1Cc1ccc(CCCC(=O)C[C@H](C(=O)NCCN(C)C)C2CC2)cc1. The van der Waals surface area contributed by atoms with E-state index in [4.69, 9.17) is 9.47 Å². The smallest absolute Gasteiger partial charge is 0.225 e. The van der Waals surface area contributed by atoms with Crippen molar-refractivity contribution in [2.45, 2.75) is 101 Å². The second-order valence-corrected chi connectivity index (χ2v) is 14.7. The van der Waals surface area contributed by atoms with Crippen molar-refractivity contribution in [2.75, 3.05) is 33.8 Å². The second-order valence-electron chi connectivity index (χ2n) is 14.7. The molecule has 2 aromatic carbocycles. The van der Waals surface area contributed by atoms with E-state index >= 15 is 0 Å². The summed E-state index contributed by atoms with van der Waals surface area (Å²) in [6.45, 7) is 6.14. The molecule has 2 bridgehead atoms. The Morgan fingerprint density at radius 1 is 1.04 bits per heavy atom. The molecule has 0 radical (unpaired) electrons. The number of likely N-dealkylation sites (N-methyl/N-ethyl adjacent to an activating group) is 1. The number of carbonyl (C=O) groups is 2. The number of ketones is 1. The van der Waals surface area contributed by atoms with E-state index in [1.165, 1.54) is 13.8 Å². The van der Waals surface area contributed by atoms with Crippen LogP contribution in [0.5, 0.6) is 0 Å². The monoisotopic (exact) mass is 652 g/mol. The topological polar surface area (TPSA) is 149 Å². The van der Waals surface area contributed by atoms with Crippen molar-refractivity contribution in [1.82, 2.24) is 10.2 Å². The normalized spacial score (nSPS) is 28.0. The van der Waals surface area contributed by atoms with Gasteiger partial charge in [0, 0.05) is 37.4 Å². The Kier molecular flexibility index (Phi) is 10.6. The van der Waals surface area contributed by atoms with Gasteiger partial charge < -0.3 is 40.1 Å². The third-order valence-electron chi connectivity index (χ3n) is 10.3. The van der Waals surface area contributed by atoms with Gasteiger partial charge in [0.15, 0.2) is 5.60 Å². The highest BCUT2D eigenvalue weighted by Crippen LogP contribution is 2.53. The molecule has 258 valence electrons. The molecule has 3 aliphatic rings. The molecule has 47 heavy (non-hydrogen) atoms. The van der Waals surface area contributed by atoms with Crippen LogP contribution in [0.4, 0.5) is 0 Å². The van der Waals surface area contributed by atoms with Crippen molar-refractivity contribution < 1.29 is 39.5 Å². The van der Waals surface area contributed by atoms with Crippen LogP contribution >= 0.6 is 0 Å². The van der Waals surface area contributed by atoms with Gasteiger partial charge in [0.05, 0.1) is 12.2 Å². The zero-order valence-electron chi connectivity index (χ0n) is 28.4. The minimum Gasteiger partial charge on any atom is -0.387 e. The Labute approximate surface area is 278 Å². The fourth-order valence-corrected chi connectivity index (χ4v) is 6.95. The predicted molar refractivity (Wildman–Crippen MR) is 177 cm³/mol. The van der Waals surface area contributed by atoms with Gasteiger partial charge in [0.25, 0.3) is 0 Å². The lowest BCUT2D eigenvalue weighted by atomic mass is 9.75. The second kappa shape index (κ2) is 14.0. The van der Waals surface area contributed by atoms with E-state index in [9.17, 15) is 30.0 Å². The Morgan fingerprint density at radius 3 is 2.36 bits per heavy atom. The van der Waals surface area contributed by atoms with E-state index in [2.05, 4.69) is 29.6 Å². The first kappa shape index (κ1) is 35.6. The summed E-state index contributed by atoms with van der Waals surface area (Å²) in [5, 5.41) is 46.5. The molecule has 1 saturated carbocycles. The van der Waals surface area contributed by atoms with Gasteiger partial charge in [0.2, 0.25) is 11.7 Å². The lowest BCUT2D eigenvalue weighted by Gasteiger charge is -2.50. The molecule has 2 saturated heterocycles. The molecule has 2 aromatic rings. The molecule has 1 amide bonds. The van der Waals surface area contributed by atoms with Crippen molar-refractivity contribution in [3.8, 4) is 0 Å². The van der Waals surface area contributed by atoms with Crippen LogP contribution in [-0.4, -0.2) is 100 Å². The number of benzene rings is 2. The maximum absolute atomic E-state index is 12.8. The number of aliphatic hydroxyl groups excluding tert-OH is 3. The lowest BCUT2D eigenvalue weighted by molar-refractivity contribution is -0.348. The van der Waals surface area contributed by atoms with Gasteiger partial charge in [0.1, 0.15) is 24.1 Å². The van der Waals surface area contributed by atoms with Gasteiger partial charge in [-0.05, 0) is 101 Å². The number of hydrogen-bond donors (Lipinski definition) is 5. The summed E-state index contributed by atoms with van der Waals surface area (Å²) in [7, 11) is 3.94. The quantitative estimate of drug-likeness (QED) is 0.196. The summed E-state index contributed by atoms with van der Waals surface area (Å²) < 4.78 is 12.2. The fourth-order valence-electron chi connectivity index (χ4n) is 6.95. The molecule has 2 aliphatic heterocycles. The molecule has 2 heterocycles. The van der Waals surface area contributed by atoms with Crippen molar-refractivity contribution in [2.24, 2.45) is 11.8 Å². The average molecular weight is 653 g/mol. The Bertz CT molecular complexity index is 1420. The third-order valence-corrected chi connectivity index (χ3v) is 10.3. The molecule has 0 aromatic heterocycles. The summed E-state index contributed by atoms with van der Waals surface area (Å²) in [5.74, 6) is -1.45. The highest BCUT2D eigenvalue weighted by Gasteiger charge is 2.71. The average Bonchev–Trinajstić information content (AvgIpc) is 3.78. The first-order chi connectivity index (χ1) is 22.2. The van der Waals surface area contributed by atoms with Gasteiger partial charge in [-0.3, -0.25) is 9.59 Å². The zero-order chi connectivity index (χ0) is 34.1. The summed E-state index contributed by atoms with van der Waals surface area (Å²) in [4.78, 5) is 27.5. The van der Waals surface area contributed by atoms with Crippen molar-refractivity contribution >= 4 is 11.7 Å². The van der Waals surface area contributed by atoms with Gasteiger partial charge in [-0.2, -0.15) is 0 Å². The molecule has 1 aliphatic carbocycles. The van der Waals surface area contributed by atoms with Crippen LogP contribution in [0.1, 0.15) is 73.8 Å². The van der Waals surface area contributed by atoms with E-state index in [0.29, 0.717) is 37.3 Å². The number of fused-ring (bicyclic) bond motifs is 2. The first-order valence-electron chi connectivity index (χ1n) is 16.9. The first-order valence-corrected chi connectivity index (χ1v) is 16.9. The van der Waals surface area contributed by atoms with Crippen molar-refractivity contribution in [3.05, 3.63) is 70.3 Å². The number of aryl methyl sites for hydroxylation is 2. The van der Waals surface area contributed by atoms with Crippen LogP contribution in [0.2, 0.25) is 0 Å². The number of carbonyl (C=O) groups excluding carboxylic acids is 2. The summed E-state index contributed by atoms with van der Waals surface area (Å²) in [6, 6.07) is 13.9. The van der Waals surface area contributed by atoms with E-state index in [0.717, 1.165) is 54.5 Å². The third kappa shape index (κ3) is 7.49. The predicted octanol–water partition coefficient (Wildman–Crippen LogP) is 2.38. The number of hydrogen-bond acceptors (Lipinski definition) is 9. The number of aliphatic hydroxyl groups is 4. The van der Waals surface area contributed by atoms with Crippen LogP contribution in [-0.2, 0) is 37.7 Å². The van der Waals surface area contributed by atoms with E-state index in [1.807, 2.05) is 38.1 Å². The maximum Gasteiger partial charge on any atom is 0.225 e. The van der Waals surface area contributed by atoms with E-state index in [1.54, 1.807) is 6.07 Å². The number of nitrogens with zero attached hydrogens (tertiary/aromatic N) is 1. The minimum absolute atomic E-state index is 0.00975. The molecule has 0 spiro atoms. The van der Waals surface area contributed by atoms with Gasteiger partial charge >= 0.3 is 0 Å². The molecular weight excluding hydrogens is 600 g/mol. The van der Waals surface area contributed by atoms with Gasteiger partial charge in [-0.25, -0.2) is 0 Å². The highest BCUT2D eigenvalue weighted by atomic mass is 16.8. The van der Waals surface area contributed by atoms with Crippen molar-refractivity contribution in [1.29, 1.82) is 0 Å². The molecule has 0 unspecified atom stereocenters. The summed E-state index contributed by atoms with van der Waals surface area (Å²) in [5.41, 5.74) is 1.55. The zero-order valence-corrected chi connectivity index (χ0v) is 28.4. The number of ether oxygens (including phenoxy) is 2. The molecule has 5 N–H and O–H groups in total. The molecule has 5 rings (SSSR count). The summed E-state index contributed by atoms with van der Waals surface area (Å²) >= 11 is 0. The van der Waals surface area contributed by atoms with Gasteiger partial charge in [-0.15, -0.1) is 0 Å². The Hall–Kier alpha value is -2.70.